The van der Waals surface area contributed by atoms with Gasteiger partial charge in [-0.3, -0.25) is 0 Å². The molecule has 2 nitrogen and oxygen atoms in total. The van der Waals surface area contributed by atoms with Crippen molar-refractivity contribution < 1.29 is 13.9 Å². The summed E-state index contributed by atoms with van der Waals surface area (Å²) in [5.74, 6) is -1.42. The molecule has 1 atom stereocenters. The topological polar surface area (TPSA) is 32.3 Å². The molecule has 2 N–H and O–H groups in total. The van der Waals surface area contributed by atoms with Gasteiger partial charge in [-0.25, -0.2) is 8.78 Å². The van der Waals surface area contributed by atoms with Gasteiger partial charge in [-0.05, 0) is 42.2 Å². The van der Waals surface area contributed by atoms with Crippen LogP contribution < -0.4 is 5.32 Å². The number of fused-ring (bicyclic) bond motifs is 1. The van der Waals surface area contributed by atoms with Gasteiger partial charge in [-0.2, -0.15) is 0 Å². The van der Waals surface area contributed by atoms with Crippen molar-refractivity contribution in [3.63, 3.8) is 0 Å². The first-order valence-corrected chi connectivity index (χ1v) is 6.17. The zero-order valence-corrected chi connectivity index (χ0v) is 10.2. The largest absolute Gasteiger partial charge is 0.508 e. The van der Waals surface area contributed by atoms with E-state index < -0.39 is 11.6 Å². The highest BCUT2D eigenvalue weighted by Gasteiger charge is 2.24. The molecule has 1 aliphatic carbocycles. The van der Waals surface area contributed by atoms with E-state index in [1.165, 1.54) is 6.07 Å². The van der Waals surface area contributed by atoms with Gasteiger partial charge in [0.15, 0.2) is 11.6 Å². The van der Waals surface area contributed by atoms with Crippen molar-refractivity contribution in [2.45, 2.75) is 18.9 Å². The predicted molar refractivity (Wildman–Crippen MR) is 69.1 cm³/mol. The number of phenolic OH excluding ortho intramolecular Hbond substituents is 1. The molecule has 0 fully saturated rings. The van der Waals surface area contributed by atoms with Crippen LogP contribution in [0.4, 0.5) is 14.5 Å². The first kappa shape index (κ1) is 12.0. The number of anilines is 1. The van der Waals surface area contributed by atoms with Gasteiger partial charge in [0, 0.05) is 11.8 Å². The Balaban J connectivity index is 1.86. The number of hydrogen-bond acceptors (Lipinski definition) is 2. The Kier molecular flexibility index (Phi) is 2.85. The van der Waals surface area contributed by atoms with Gasteiger partial charge in [-0.15, -0.1) is 0 Å². The number of phenols is 1. The van der Waals surface area contributed by atoms with E-state index in [0.717, 1.165) is 36.1 Å². The average molecular weight is 261 g/mol. The number of halogens is 2. The molecule has 98 valence electrons. The number of aromatic hydroxyl groups is 1. The summed E-state index contributed by atoms with van der Waals surface area (Å²) in [6.07, 6.45) is 1.61. The van der Waals surface area contributed by atoms with Crippen LogP contribution in [-0.2, 0) is 6.42 Å². The molecule has 3 rings (SSSR count). The first-order valence-electron chi connectivity index (χ1n) is 6.17. The average Bonchev–Trinajstić information content (AvgIpc) is 2.79. The second kappa shape index (κ2) is 4.53. The minimum Gasteiger partial charge on any atom is -0.508 e. The fraction of sp³-hybridized carbons (Fsp3) is 0.200. The fourth-order valence-electron chi connectivity index (χ4n) is 2.57. The lowest BCUT2D eigenvalue weighted by molar-refractivity contribution is 0.469. The molecule has 19 heavy (non-hydrogen) atoms. The van der Waals surface area contributed by atoms with Gasteiger partial charge in [-0.1, -0.05) is 12.1 Å². The van der Waals surface area contributed by atoms with Crippen molar-refractivity contribution in [3.8, 4) is 5.75 Å². The van der Waals surface area contributed by atoms with Crippen molar-refractivity contribution in [2.75, 3.05) is 5.32 Å². The van der Waals surface area contributed by atoms with Crippen LogP contribution in [-0.4, -0.2) is 5.11 Å². The van der Waals surface area contributed by atoms with Gasteiger partial charge >= 0.3 is 0 Å². The molecule has 2 aromatic rings. The van der Waals surface area contributed by atoms with Gasteiger partial charge in [0.1, 0.15) is 5.75 Å². The Bertz CT molecular complexity index is 628. The molecule has 0 spiro atoms. The molecular formula is C15H13F2NO. The lowest BCUT2D eigenvalue weighted by atomic mass is 10.1. The van der Waals surface area contributed by atoms with Crippen molar-refractivity contribution >= 4 is 5.69 Å². The smallest absolute Gasteiger partial charge is 0.160 e. The molecule has 4 heteroatoms. The summed E-state index contributed by atoms with van der Waals surface area (Å²) in [6, 6.07) is 9.19. The Morgan fingerprint density at radius 1 is 1.11 bits per heavy atom. The molecule has 1 aliphatic rings. The Hall–Kier alpha value is -2.10. The van der Waals surface area contributed by atoms with Crippen LogP contribution in [0.15, 0.2) is 36.4 Å². The number of rotatable bonds is 2. The maximum atomic E-state index is 13.2. The summed E-state index contributed by atoms with van der Waals surface area (Å²) in [5, 5.41) is 12.9. The third-order valence-electron chi connectivity index (χ3n) is 3.51. The third-order valence-corrected chi connectivity index (χ3v) is 3.51. The molecule has 0 heterocycles. The minimum absolute atomic E-state index is 0.0203. The van der Waals surface area contributed by atoms with Crippen LogP contribution in [0, 0.1) is 11.6 Å². The SMILES string of the molecule is Oc1cccc2c1CCC2Nc1ccc(F)c(F)c1. The molecule has 0 amide bonds. The lowest BCUT2D eigenvalue weighted by Crippen LogP contribution is -2.07. The number of benzene rings is 2. The lowest BCUT2D eigenvalue weighted by Gasteiger charge is -2.15. The summed E-state index contributed by atoms with van der Waals surface area (Å²) >= 11 is 0. The predicted octanol–water partition coefficient (Wildman–Crippen LogP) is 3.77. The van der Waals surface area contributed by atoms with Crippen molar-refractivity contribution in [1.82, 2.24) is 0 Å². The van der Waals surface area contributed by atoms with Crippen LogP contribution >= 0.6 is 0 Å². The van der Waals surface area contributed by atoms with E-state index in [0.29, 0.717) is 11.4 Å². The molecule has 0 saturated carbocycles. The van der Waals surface area contributed by atoms with Crippen molar-refractivity contribution in [2.24, 2.45) is 0 Å². The van der Waals surface area contributed by atoms with Crippen LogP contribution in [0.3, 0.4) is 0 Å². The van der Waals surface area contributed by atoms with Crippen molar-refractivity contribution in [1.29, 1.82) is 0 Å². The Labute approximate surface area is 109 Å². The zero-order chi connectivity index (χ0) is 13.4. The zero-order valence-electron chi connectivity index (χ0n) is 10.2. The van der Waals surface area contributed by atoms with E-state index in [-0.39, 0.29) is 6.04 Å². The Morgan fingerprint density at radius 2 is 1.95 bits per heavy atom. The normalized spacial score (nSPS) is 17.3. The standard InChI is InChI=1S/C15H13F2NO/c16-12-6-4-9(8-13(12)17)18-14-7-5-11-10(14)2-1-3-15(11)19/h1-4,6,8,14,18-19H,5,7H2. The van der Waals surface area contributed by atoms with Crippen LogP contribution in [0.5, 0.6) is 5.75 Å². The van der Waals surface area contributed by atoms with Gasteiger partial charge in [0.2, 0.25) is 0 Å². The van der Waals surface area contributed by atoms with Gasteiger partial charge in [0.25, 0.3) is 0 Å². The quantitative estimate of drug-likeness (QED) is 0.862. The maximum Gasteiger partial charge on any atom is 0.160 e. The highest BCUT2D eigenvalue weighted by atomic mass is 19.2. The molecular weight excluding hydrogens is 248 g/mol. The Morgan fingerprint density at radius 3 is 2.74 bits per heavy atom. The van der Waals surface area contributed by atoms with E-state index in [1.807, 2.05) is 6.07 Å². The van der Waals surface area contributed by atoms with Crippen LogP contribution in [0.2, 0.25) is 0 Å². The second-order valence-electron chi connectivity index (χ2n) is 4.71. The first-order chi connectivity index (χ1) is 9.15. The molecule has 0 bridgehead atoms. The molecule has 0 aromatic heterocycles. The maximum absolute atomic E-state index is 13.2. The summed E-state index contributed by atoms with van der Waals surface area (Å²) in [7, 11) is 0. The summed E-state index contributed by atoms with van der Waals surface area (Å²) in [6.45, 7) is 0. The molecule has 1 unspecified atom stereocenters. The van der Waals surface area contributed by atoms with Crippen molar-refractivity contribution in [3.05, 3.63) is 59.2 Å². The summed E-state index contributed by atoms with van der Waals surface area (Å²) < 4.78 is 26.0. The molecule has 0 radical (unpaired) electrons. The minimum atomic E-state index is -0.862. The van der Waals surface area contributed by atoms with E-state index in [1.54, 1.807) is 12.1 Å². The monoisotopic (exact) mass is 261 g/mol. The third kappa shape index (κ3) is 2.14. The van der Waals surface area contributed by atoms with E-state index in [2.05, 4.69) is 5.32 Å². The molecule has 2 aromatic carbocycles. The number of hydrogen-bond donors (Lipinski definition) is 2. The fourth-order valence-corrected chi connectivity index (χ4v) is 2.57. The summed E-state index contributed by atoms with van der Waals surface area (Å²) in [5.41, 5.74) is 2.49. The van der Waals surface area contributed by atoms with E-state index >= 15 is 0 Å². The van der Waals surface area contributed by atoms with E-state index in [9.17, 15) is 13.9 Å². The molecule has 0 saturated heterocycles. The highest BCUT2D eigenvalue weighted by molar-refractivity contribution is 5.51. The van der Waals surface area contributed by atoms with E-state index in [4.69, 9.17) is 0 Å². The van der Waals surface area contributed by atoms with Gasteiger partial charge in [0.05, 0.1) is 6.04 Å². The van der Waals surface area contributed by atoms with Crippen LogP contribution in [0.25, 0.3) is 0 Å². The van der Waals surface area contributed by atoms with Crippen LogP contribution in [0.1, 0.15) is 23.6 Å². The second-order valence-corrected chi connectivity index (χ2v) is 4.71. The molecule has 0 aliphatic heterocycles. The highest BCUT2D eigenvalue weighted by Crippen LogP contribution is 2.38. The number of nitrogens with one attached hydrogen (secondary N) is 1. The summed E-state index contributed by atoms with van der Waals surface area (Å²) in [4.78, 5) is 0. The van der Waals surface area contributed by atoms with Gasteiger partial charge < -0.3 is 10.4 Å².